The molecule has 0 radical (unpaired) electrons. The molecule has 2 nitrogen and oxygen atoms in total. The van der Waals surface area contributed by atoms with Crippen molar-refractivity contribution in [2.75, 3.05) is 0 Å². The van der Waals surface area contributed by atoms with E-state index < -0.39 is 5.97 Å². The molecule has 0 amide bonds. The van der Waals surface area contributed by atoms with E-state index in [0.717, 1.165) is 42.9 Å². The smallest absolute Gasteiger partial charge is 0.303 e. The van der Waals surface area contributed by atoms with E-state index in [0.29, 0.717) is 11.8 Å². The molecule has 2 bridgehead atoms. The van der Waals surface area contributed by atoms with Crippen LogP contribution in [-0.4, -0.2) is 11.1 Å². The van der Waals surface area contributed by atoms with E-state index in [4.69, 9.17) is 5.11 Å². The molecule has 3 saturated carbocycles. The number of carboxylic acids is 1. The first-order valence-electron chi connectivity index (χ1n) is 8.28. The molecule has 3 fully saturated rings. The molecule has 3 aliphatic rings. The number of hydrogen-bond donors (Lipinski definition) is 1. The van der Waals surface area contributed by atoms with Crippen molar-refractivity contribution in [3.8, 4) is 0 Å². The molecule has 0 saturated heterocycles. The van der Waals surface area contributed by atoms with Gasteiger partial charge in [-0.05, 0) is 67.6 Å². The van der Waals surface area contributed by atoms with E-state index in [-0.39, 0.29) is 0 Å². The van der Waals surface area contributed by atoms with E-state index in [9.17, 15) is 4.79 Å². The fourth-order valence-electron chi connectivity index (χ4n) is 4.21. The molecule has 0 aromatic heterocycles. The van der Waals surface area contributed by atoms with Crippen molar-refractivity contribution in [3.05, 3.63) is 12.2 Å². The summed E-state index contributed by atoms with van der Waals surface area (Å²) in [6.07, 6.45) is 11.9. The molecule has 3 atom stereocenters. The third-order valence-corrected chi connectivity index (χ3v) is 6.09. The highest BCUT2D eigenvalue weighted by Gasteiger charge is 2.53. The fourth-order valence-corrected chi connectivity index (χ4v) is 4.21. The maximum Gasteiger partial charge on any atom is 0.303 e. The Hall–Kier alpha value is -0.790. The highest BCUT2D eigenvalue weighted by atomic mass is 16.4. The van der Waals surface area contributed by atoms with Crippen LogP contribution in [0.3, 0.4) is 0 Å². The predicted octanol–water partition coefficient (Wildman–Crippen LogP) is 4.90. The minimum Gasteiger partial charge on any atom is -0.481 e. The van der Waals surface area contributed by atoms with Gasteiger partial charge in [-0.2, -0.15) is 0 Å². The van der Waals surface area contributed by atoms with Crippen LogP contribution < -0.4 is 0 Å². The van der Waals surface area contributed by atoms with Gasteiger partial charge in [0.15, 0.2) is 0 Å². The molecule has 1 N–H and O–H groups in total. The van der Waals surface area contributed by atoms with Gasteiger partial charge in [-0.3, -0.25) is 4.79 Å². The van der Waals surface area contributed by atoms with Crippen molar-refractivity contribution >= 4 is 5.97 Å². The van der Waals surface area contributed by atoms with E-state index in [2.05, 4.69) is 32.9 Å². The van der Waals surface area contributed by atoms with Crippen molar-refractivity contribution in [3.63, 3.8) is 0 Å². The normalized spacial score (nSPS) is 32.9. The molecule has 0 aliphatic heterocycles. The van der Waals surface area contributed by atoms with Gasteiger partial charge >= 0.3 is 5.97 Å². The van der Waals surface area contributed by atoms with Crippen LogP contribution >= 0.6 is 0 Å². The van der Waals surface area contributed by atoms with Gasteiger partial charge in [0.2, 0.25) is 0 Å². The maximum atomic E-state index is 10.4. The maximum absolute atomic E-state index is 10.4. The molecule has 0 aromatic rings. The lowest BCUT2D eigenvalue weighted by atomic mass is 9.46. The number of carboxylic acid groups (broad SMARTS) is 1. The average Bonchev–Trinajstić information content (AvgIpc) is 2.42. The minimum atomic E-state index is -0.684. The minimum absolute atomic E-state index is 0.293. The lowest BCUT2D eigenvalue weighted by Gasteiger charge is -2.59. The van der Waals surface area contributed by atoms with E-state index >= 15 is 0 Å². The van der Waals surface area contributed by atoms with Crippen LogP contribution in [0.1, 0.15) is 65.7 Å². The molecule has 3 aliphatic carbocycles. The van der Waals surface area contributed by atoms with Crippen LogP contribution in [0.4, 0.5) is 0 Å². The quantitative estimate of drug-likeness (QED) is 0.531. The lowest BCUT2D eigenvalue weighted by molar-refractivity contribution is -0.137. The highest BCUT2D eigenvalue weighted by Crippen LogP contribution is 2.61. The van der Waals surface area contributed by atoms with Crippen LogP contribution in [0.2, 0.25) is 0 Å². The first-order valence-corrected chi connectivity index (χ1v) is 8.28. The Kier molecular flexibility index (Phi) is 4.93. The molecule has 2 heteroatoms. The number of hydrogen-bond acceptors (Lipinski definition) is 1. The third kappa shape index (κ3) is 3.45. The topological polar surface area (TPSA) is 37.3 Å². The van der Waals surface area contributed by atoms with Crippen molar-refractivity contribution in [2.24, 2.45) is 29.1 Å². The average molecular weight is 278 g/mol. The van der Waals surface area contributed by atoms with E-state index in [1.54, 1.807) is 0 Å². The second kappa shape index (κ2) is 6.32. The molecule has 3 rings (SSSR count). The zero-order valence-electron chi connectivity index (χ0n) is 13.3. The Morgan fingerprint density at radius 2 is 1.90 bits per heavy atom. The number of allylic oxidation sites excluding steroid dienone is 2. The van der Waals surface area contributed by atoms with Gasteiger partial charge in [0.05, 0.1) is 0 Å². The Morgan fingerprint density at radius 3 is 2.45 bits per heavy atom. The van der Waals surface area contributed by atoms with Gasteiger partial charge in [0.1, 0.15) is 0 Å². The summed E-state index contributed by atoms with van der Waals surface area (Å²) in [6.45, 7) is 7.30. The lowest BCUT2D eigenvalue weighted by Crippen LogP contribution is -2.51. The van der Waals surface area contributed by atoms with Gasteiger partial charge in [0, 0.05) is 6.42 Å². The number of unbranched alkanes of at least 4 members (excludes halogenated alkanes) is 1. The second-order valence-electron chi connectivity index (χ2n) is 7.65. The zero-order valence-corrected chi connectivity index (χ0v) is 13.3. The second-order valence-corrected chi connectivity index (χ2v) is 7.65. The highest BCUT2D eigenvalue weighted by molar-refractivity contribution is 5.66. The molecule has 114 valence electrons. The standard InChI is InChI=1S/C18H30O2/c1-13(8-6-4-5-7-9-17(19)20)14-10-15-12-16(11-14)18(15,2)3/h4,6,13-16H,5,7-12H2,1-3H3,(H,19,20)/b6-4-/t13-,14?,15?,16?/m0/s1. The van der Waals surface area contributed by atoms with Crippen LogP contribution in [-0.2, 0) is 4.79 Å². The Bertz CT molecular complexity index is 356. The third-order valence-electron chi connectivity index (χ3n) is 6.09. The number of fused-ring (bicyclic) bond motifs is 2. The summed E-state index contributed by atoms with van der Waals surface area (Å²) < 4.78 is 0. The van der Waals surface area contributed by atoms with Gasteiger partial charge in [-0.1, -0.05) is 32.9 Å². The molecule has 2 unspecified atom stereocenters. The summed E-state index contributed by atoms with van der Waals surface area (Å²) in [5.74, 6) is 2.94. The largest absolute Gasteiger partial charge is 0.481 e. The molecular formula is C18H30O2. The molecule has 20 heavy (non-hydrogen) atoms. The fraction of sp³-hybridized carbons (Fsp3) is 0.833. The SMILES string of the molecule is C[C@@H](C/C=C\CCCC(=O)O)C1CC2CC(C1)C2(C)C. The predicted molar refractivity (Wildman–Crippen MR) is 82.5 cm³/mol. The molecule has 0 spiro atoms. The van der Waals surface area contributed by atoms with Crippen molar-refractivity contribution < 1.29 is 9.90 Å². The monoisotopic (exact) mass is 278 g/mol. The van der Waals surface area contributed by atoms with Gasteiger partial charge in [-0.25, -0.2) is 0 Å². The summed E-state index contributed by atoms with van der Waals surface area (Å²) in [5, 5.41) is 8.58. The zero-order chi connectivity index (χ0) is 14.8. The summed E-state index contributed by atoms with van der Waals surface area (Å²) in [6, 6.07) is 0. The van der Waals surface area contributed by atoms with E-state index in [1.807, 2.05) is 0 Å². The summed E-state index contributed by atoms with van der Waals surface area (Å²) in [4.78, 5) is 10.4. The molecule has 0 aromatic carbocycles. The first kappa shape index (κ1) is 15.6. The van der Waals surface area contributed by atoms with Crippen molar-refractivity contribution in [1.29, 1.82) is 0 Å². The van der Waals surface area contributed by atoms with Crippen LogP contribution in [0, 0.1) is 29.1 Å². The van der Waals surface area contributed by atoms with Crippen molar-refractivity contribution in [2.45, 2.75) is 65.7 Å². The summed E-state index contributed by atoms with van der Waals surface area (Å²) >= 11 is 0. The summed E-state index contributed by atoms with van der Waals surface area (Å²) in [5.41, 5.74) is 0.614. The Balaban J connectivity index is 1.65. The summed E-state index contributed by atoms with van der Waals surface area (Å²) in [7, 11) is 0. The number of aliphatic carboxylic acids is 1. The van der Waals surface area contributed by atoms with Gasteiger partial charge in [0.25, 0.3) is 0 Å². The number of rotatable bonds is 7. The van der Waals surface area contributed by atoms with E-state index in [1.165, 1.54) is 19.3 Å². The van der Waals surface area contributed by atoms with Crippen LogP contribution in [0.25, 0.3) is 0 Å². The number of carbonyl (C=O) groups is 1. The van der Waals surface area contributed by atoms with Crippen molar-refractivity contribution in [1.82, 2.24) is 0 Å². The van der Waals surface area contributed by atoms with Gasteiger partial charge < -0.3 is 5.11 Å². The Labute approximate surface area is 123 Å². The first-order chi connectivity index (χ1) is 9.41. The Morgan fingerprint density at radius 1 is 1.25 bits per heavy atom. The van der Waals surface area contributed by atoms with Crippen LogP contribution in [0.5, 0.6) is 0 Å². The van der Waals surface area contributed by atoms with Gasteiger partial charge in [-0.15, -0.1) is 0 Å². The molecule has 0 heterocycles. The molecular weight excluding hydrogens is 248 g/mol. The van der Waals surface area contributed by atoms with Crippen LogP contribution in [0.15, 0.2) is 12.2 Å².